The molecule has 0 aromatic rings. The van der Waals surface area contributed by atoms with Gasteiger partial charge in [-0.25, -0.2) is 0 Å². The van der Waals surface area contributed by atoms with Gasteiger partial charge in [-0.05, 0) is 12.8 Å². The molecule has 0 unspecified atom stereocenters. The van der Waals surface area contributed by atoms with Crippen LogP contribution in [-0.2, 0) is 4.79 Å². The number of nitrogens with one attached hydrogen (secondary N) is 1. The number of carbonyl (C=O) groups excluding carboxylic acids is 1. The Bertz CT molecular complexity index is 210. The fourth-order valence-electron chi connectivity index (χ4n) is 1.72. The third kappa shape index (κ3) is 2.45. The smallest absolute Gasteiger partial charge is 0.223 e. The second kappa shape index (κ2) is 4.28. The summed E-state index contributed by atoms with van der Waals surface area (Å²) in [6.45, 7) is 2.52. The van der Waals surface area contributed by atoms with E-state index in [-0.39, 0.29) is 12.5 Å². The topological polar surface area (TPSA) is 52.6 Å². The lowest BCUT2D eigenvalue weighted by Crippen LogP contribution is -2.51. The predicted molar refractivity (Wildman–Crippen MR) is 52.8 cm³/mol. The summed E-state index contributed by atoms with van der Waals surface area (Å²) in [4.78, 5) is 13.3. The molecular formula is C10H18N2O2. The highest BCUT2D eigenvalue weighted by Gasteiger charge is 2.29. The van der Waals surface area contributed by atoms with Crippen LogP contribution in [0.3, 0.4) is 0 Å². The number of hydrogen-bond acceptors (Lipinski definition) is 3. The van der Waals surface area contributed by atoms with E-state index in [0.717, 1.165) is 19.6 Å². The van der Waals surface area contributed by atoms with Crippen LogP contribution in [0.1, 0.15) is 19.3 Å². The van der Waals surface area contributed by atoms with Crippen LogP contribution < -0.4 is 5.32 Å². The van der Waals surface area contributed by atoms with Gasteiger partial charge < -0.3 is 15.3 Å². The van der Waals surface area contributed by atoms with Crippen LogP contribution in [0, 0.1) is 5.92 Å². The van der Waals surface area contributed by atoms with Gasteiger partial charge in [-0.15, -0.1) is 0 Å². The average molecular weight is 198 g/mol. The minimum Gasteiger partial charge on any atom is -0.396 e. The fraction of sp³-hybridized carbons (Fsp3) is 0.900. The Morgan fingerprint density at radius 1 is 1.43 bits per heavy atom. The summed E-state index contributed by atoms with van der Waals surface area (Å²) in [6, 6.07) is 0.685. The summed E-state index contributed by atoms with van der Waals surface area (Å²) in [5.74, 6) is 0.554. The van der Waals surface area contributed by atoms with Crippen molar-refractivity contribution >= 4 is 5.91 Å². The van der Waals surface area contributed by atoms with Gasteiger partial charge in [0.2, 0.25) is 5.91 Å². The van der Waals surface area contributed by atoms with Gasteiger partial charge in [-0.2, -0.15) is 0 Å². The highest BCUT2D eigenvalue weighted by atomic mass is 16.3. The number of aliphatic hydroxyl groups excluding tert-OH is 1. The molecule has 2 aliphatic rings. The molecule has 1 amide bonds. The van der Waals surface area contributed by atoms with E-state index in [1.807, 2.05) is 4.90 Å². The number of aliphatic hydroxyl groups is 1. The number of nitrogens with zero attached hydrogens (tertiary/aromatic N) is 1. The molecule has 0 spiro atoms. The molecule has 0 radical (unpaired) electrons. The van der Waals surface area contributed by atoms with Crippen LogP contribution in [0.25, 0.3) is 0 Å². The van der Waals surface area contributed by atoms with Crippen molar-refractivity contribution in [3.8, 4) is 0 Å². The first-order chi connectivity index (χ1) is 6.79. The SMILES string of the molecule is O=C(CCNC1CC1)N1CC(CO)C1. The molecule has 14 heavy (non-hydrogen) atoms. The Morgan fingerprint density at radius 2 is 2.14 bits per heavy atom. The van der Waals surface area contributed by atoms with Crippen LogP contribution >= 0.6 is 0 Å². The van der Waals surface area contributed by atoms with Crippen LogP contribution in [-0.4, -0.2) is 48.2 Å². The lowest BCUT2D eigenvalue weighted by Gasteiger charge is -2.38. The Morgan fingerprint density at radius 3 is 2.71 bits per heavy atom. The fourth-order valence-corrected chi connectivity index (χ4v) is 1.72. The number of carbonyl (C=O) groups is 1. The molecule has 2 N–H and O–H groups in total. The zero-order valence-corrected chi connectivity index (χ0v) is 8.41. The molecule has 0 aromatic carbocycles. The molecule has 1 aliphatic heterocycles. The van der Waals surface area contributed by atoms with Crippen molar-refractivity contribution in [2.75, 3.05) is 26.2 Å². The van der Waals surface area contributed by atoms with Crippen LogP contribution in [0.15, 0.2) is 0 Å². The summed E-state index contributed by atoms with van der Waals surface area (Å²) < 4.78 is 0. The molecule has 0 bridgehead atoms. The van der Waals surface area contributed by atoms with E-state index in [1.165, 1.54) is 12.8 Å². The van der Waals surface area contributed by atoms with Gasteiger partial charge in [-0.3, -0.25) is 4.79 Å². The van der Waals surface area contributed by atoms with Crippen molar-refractivity contribution in [3.05, 3.63) is 0 Å². The zero-order valence-electron chi connectivity index (χ0n) is 8.41. The van der Waals surface area contributed by atoms with E-state index in [0.29, 0.717) is 18.4 Å². The van der Waals surface area contributed by atoms with Crippen molar-refractivity contribution in [2.45, 2.75) is 25.3 Å². The second-order valence-electron chi connectivity index (χ2n) is 4.33. The van der Waals surface area contributed by atoms with E-state index in [2.05, 4.69) is 5.32 Å². The Kier molecular flexibility index (Phi) is 3.03. The molecule has 1 saturated heterocycles. The molecule has 1 aliphatic carbocycles. The Labute approximate surface area is 84.3 Å². The van der Waals surface area contributed by atoms with Gasteiger partial charge in [0.25, 0.3) is 0 Å². The van der Waals surface area contributed by atoms with Crippen molar-refractivity contribution in [3.63, 3.8) is 0 Å². The van der Waals surface area contributed by atoms with E-state index in [9.17, 15) is 4.79 Å². The van der Waals surface area contributed by atoms with Crippen LogP contribution in [0.4, 0.5) is 0 Å². The second-order valence-corrected chi connectivity index (χ2v) is 4.33. The van der Waals surface area contributed by atoms with Gasteiger partial charge in [-0.1, -0.05) is 0 Å². The summed E-state index contributed by atoms with van der Waals surface area (Å²) in [5, 5.41) is 12.1. The third-order valence-electron chi connectivity index (χ3n) is 2.92. The van der Waals surface area contributed by atoms with Crippen molar-refractivity contribution in [2.24, 2.45) is 5.92 Å². The zero-order chi connectivity index (χ0) is 9.97. The van der Waals surface area contributed by atoms with E-state index in [4.69, 9.17) is 5.11 Å². The normalized spacial score (nSPS) is 22.2. The number of hydrogen-bond donors (Lipinski definition) is 2. The molecular weight excluding hydrogens is 180 g/mol. The van der Waals surface area contributed by atoms with Gasteiger partial charge in [0.05, 0.1) is 0 Å². The van der Waals surface area contributed by atoms with Gasteiger partial charge in [0.15, 0.2) is 0 Å². The number of amides is 1. The van der Waals surface area contributed by atoms with Crippen molar-refractivity contribution in [1.29, 1.82) is 0 Å². The first-order valence-electron chi connectivity index (χ1n) is 5.41. The molecule has 2 fully saturated rings. The summed E-state index contributed by atoms with van der Waals surface area (Å²) >= 11 is 0. The van der Waals surface area contributed by atoms with Gasteiger partial charge in [0, 0.05) is 44.6 Å². The van der Waals surface area contributed by atoms with E-state index < -0.39 is 0 Å². The highest BCUT2D eigenvalue weighted by Crippen LogP contribution is 2.19. The molecule has 0 aromatic heterocycles. The first kappa shape index (κ1) is 9.93. The van der Waals surface area contributed by atoms with Gasteiger partial charge in [0.1, 0.15) is 0 Å². The maximum atomic E-state index is 11.5. The molecule has 80 valence electrons. The summed E-state index contributed by atoms with van der Waals surface area (Å²) in [6.07, 6.45) is 3.14. The summed E-state index contributed by atoms with van der Waals surface area (Å²) in [5.41, 5.74) is 0. The maximum absolute atomic E-state index is 11.5. The molecule has 1 heterocycles. The Balaban J connectivity index is 1.54. The van der Waals surface area contributed by atoms with Crippen LogP contribution in [0.5, 0.6) is 0 Å². The van der Waals surface area contributed by atoms with Crippen molar-refractivity contribution in [1.82, 2.24) is 10.2 Å². The number of rotatable bonds is 5. The monoisotopic (exact) mass is 198 g/mol. The third-order valence-corrected chi connectivity index (χ3v) is 2.92. The molecule has 4 heteroatoms. The first-order valence-corrected chi connectivity index (χ1v) is 5.41. The number of likely N-dealkylation sites (tertiary alicyclic amines) is 1. The lowest BCUT2D eigenvalue weighted by atomic mass is 10.0. The van der Waals surface area contributed by atoms with Crippen molar-refractivity contribution < 1.29 is 9.90 Å². The molecule has 2 rings (SSSR count). The minimum absolute atomic E-state index is 0.212. The summed E-state index contributed by atoms with van der Waals surface area (Å²) in [7, 11) is 0. The minimum atomic E-state index is 0.212. The Hall–Kier alpha value is -0.610. The molecule has 0 atom stereocenters. The van der Waals surface area contributed by atoms with Crippen LogP contribution in [0.2, 0.25) is 0 Å². The molecule has 1 saturated carbocycles. The highest BCUT2D eigenvalue weighted by molar-refractivity contribution is 5.77. The maximum Gasteiger partial charge on any atom is 0.223 e. The van der Waals surface area contributed by atoms with E-state index in [1.54, 1.807) is 0 Å². The standard InChI is InChI=1S/C10H18N2O2/c13-7-8-5-12(6-8)10(14)3-4-11-9-1-2-9/h8-9,11,13H,1-7H2. The lowest BCUT2D eigenvalue weighted by molar-refractivity contribution is -0.138. The average Bonchev–Trinajstić information content (AvgIpc) is 2.86. The van der Waals surface area contributed by atoms with Gasteiger partial charge >= 0.3 is 0 Å². The largest absolute Gasteiger partial charge is 0.396 e. The quantitative estimate of drug-likeness (QED) is 0.631. The van der Waals surface area contributed by atoms with E-state index >= 15 is 0 Å². The molecule has 4 nitrogen and oxygen atoms in total. The predicted octanol–water partition coefficient (Wildman–Crippen LogP) is -0.421.